The standard InChI is InChI=1S/C20H21ClN2O5/c1-26-17-11-15(10-16(21)20(17)28-13-19(25)27-2)12-22-23-18(24)9-8-14-6-4-3-5-7-14/h3-7,10-12H,8-9,13H2,1-2H3,(H,23,24)/b22-12+. The summed E-state index contributed by atoms with van der Waals surface area (Å²) >= 11 is 6.19. The second-order valence-corrected chi connectivity index (χ2v) is 6.08. The van der Waals surface area contributed by atoms with Gasteiger partial charge in [-0.1, -0.05) is 41.9 Å². The van der Waals surface area contributed by atoms with E-state index < -0.39 is 5.97 Å². The highest BCUT2D eigenvalue weighted by Gasteiger charge is 2.13. The number of hydrazone groups is 1. The van der Waals surface area contributed by atoms with Crippen LogP contribution >= 0.6 is 11.6 Å². The van der Waals surface area contributed by atoms with E-state index in [2.05, 4.69) is 15.3 Å². The van der Waals surface area contributed by atoms with Crippen LogP contribution < -0.4 is 14.9 Å². The fourth-order valence-electron chi connectivity index (χ4n) is 2.28. The maximum atomic E-state index is 11.9. The number of hydrogen-bond donors (Lipinski definition) is 1. The average molecular weight is 405 g/mol. The van der Waals surface area contributed by atoms with E-state index in [-0.39, 0.29) is 23.3 Å². The number of carbonyl (C=O) groups excluding carboxylic acids is 2. The first kappa shape index (κ1) is 21.2. The van der Waals surface area contributed by atoms with Gasteiger partial charge < -0.3 is 14.2 Å². The SMILES string of the molecule is COC(=O)COc1c(Cl)cc(/C=N/NC(=O)CCc2ccccc2)cc1OC. The minimum atomic E-state index is -0.540. The molecule has 0 aliphatic rings. The first-order valence-electron chi connectivity index (χ1n) is 8.46. The van der Waals surface area contributed by atoms with Crippen LogP contribution in [0.1, 0.15) is 17.5 Å². The molecule has 1 N–H and O–H groups in total. The molecule has 0 spiro atoms. The molecule has 148 valence electrons. The molecule has 2 aromatic carbocycles. The molecule has 1 amide bonds. The number of rotatable bonds is 9. The molecule has 0 heterocycles. The Labute approximate surface area is 168 Å². The number of nitrogens with zero attached hydrogens (tertiary/aromatic N) is 1. The summed E-state index contributed by atoms with van der Waals surface area (Å²) in [5, 5.41) is 4.17. The van der Waals surface area contributed by atoms with E-state index in [0.717, 1.165) is 5.56 Å². The van der Waals surface area contributed by atoms with Gasteiger partial charge in [-0.25, -0.2) is 10.2 Å². The zero-order valence-electron chi connectivity index (χ0n) is 15.6. The summed E-state index contributed by atoms with van der Waals surface area (Å²) in [7, 11) is 2.71. The van der Waals surface area contributed by atoms with Crippen molar-refractivity contribution in [2.45, 2.75) is 12.8 Å². The van der Waals surface area contributed by atoms with Gasteiger partial charge in [0.05, 0.1) is 25.5 Å². The third-order valence-electron chi connectivity index (χ3n) is 3.70. The van der Waals surface area contributed by atoms with Crippen molar-refractivity contribution in [1.29, 1.82) is 0 Å². The molecule has 0 unspecified atom stereocenters. The van der Waals surface area contributed by atoms with Crippen LogP contribution in [0.5, 0.6) is 11.5 Å². The van der Waals surface area contributed by atoms with Crippen LogP contribution in [0.4, 0.5) is 0 Å². The maximum absolute atomic E-state index is 11.9. The molecule has 8 heteroatoms. The summed E-state index contributed by atoms with van der Waals surface area (Å²) < 4.78 is 15.1. The summed E-state index contributed by atoms with van der Waals surface area (Å²) in [5.74, 6) is -0.190. The van der Waals surface area contributed by atoms with Crippen molar-refractivity contribution in [3.8, 4) is 11.5 Å². The van der Waals surface area contributed by atoms with Gasteiger partial charge >= 0.3 is 5.97 Å². The number of ether oxygens (including phenoxy) is 3. The van der Waals surface area contributed by atoms with E-state index in [1.165, 1.54) is 20.4 Å². The van der Waals surface area contributed by atoms with Crippen LogP contribution in [0.2, 0.25) is 5.02 Å². The normalized spacial score (nSPS) is 10.5. The zero-order chi connectivity index (χ0) is 20.4. The van der Waals surface area contributed by atoms with Crippen LogP contribution in [-0.2, 0) is 20.7 Å². The first-order valence-corrected chi connectivity index (χ1v) is 8.84. The van der Waals surface area contributed by atoms with Crippen molar-refractivity contribution in [3.05, 3.63) is 58.6 Å². The highest BCUT2D eigenvalue weighted by molar-refractivity contribution is 6.32. The van der Waals surface area contributed by atoms with Gasteiger partial charge in [-0.05, 0) is 29.7 Å². The van der Waals surface area contributed by atoms with E-state index in [1.54, 1.807) is 12.1 Å². The number of methoxy groups -OCH3 is 2. The van der Waals surface area contributed by atoms with Crippen LogP contribution in [-0.4, -0.2) is 38.9 Å². The summed E-state index contributed by atoms with van der Waals surface area (Å²) in [4.78, 5) is 23.1. The van der Waals surface area contributed by atoms with Crippen LogP contribution in [0.15, 0.2) is 47.6 Å². The quantitative estimate of drug-likeness (QED) is 0.394. The molecule has 0 saturated carbocycles. The molecule has 0 aliphatic heterocycles. The Morgan fingerprint density at radius 3 is 2.61 bits per heavy atom. The van der Waals surface area contributed by atoms with Gasteiger partial charge in [0.15, 0.2) is 18.1 Å². The topological polar surface area (TPSA) is 86.2 Å². The van der Waals surface area contributed by atoms with Crippen molar-refractivity contribution in [3.63, 3.8) is 0 Å². The summed E-state index contributed by atoms with van der Waals surface area (Å²) in [6.45, 7) is -0.294. The number of hydrogen-bond acceptors (Lipinski definition) is 6. The third-order valence-corrected chi connectivity index (χ3v) is 3.98. The number of esters is 1. The highest BCUT2D eigenvalue weighted by atomic mass is 35.5. The molecule has 0 atom stereocenters. The average Bonchev–Trinajstić information content (AvgIpc) is 2.71. The van der Waals surface area contributed by atoms with Crippen LogP contribution in [0, 0.1) is 0 Å². The molecular weight excluding hydrogens is 384 g/mol. The molecule has 0 bridgehead atoms. The number of amides is 1. The lowest BCUT2D eigenvalue weighted by molar-refractivity contribution is -0.142. The number of carbonyl (C=O) groups is 2. The van der Waals surface area contributed by atoms with Gasteiger partial charge in [0, 0.05) is 6.42 Å². The Kier molecular flexibility index (Phi) is 8.30. The van der Waals surface area contributed by atoms with Crippen LogP contribution in [0.25, 0.3) is 0 Å². The van der Waals surface area contributed by atoms with Gasteiger partial charge in [0.25, 0.3) is 0 Å². The zero-order valence-corrected chi connectivity index (χ0v) is 16.4. The lowest BCUT2D eigenvalue weighted by Gasteiger charge is -2.12. The van der Waals surface area contributed by atoms with E-state index in [1.807, 2.05) is 30.3 Å². The fraction of sp³-hybridized carbons (Fsp3) is 0.250. The Balaban J connectivity index is 1.94. The van der Waals surface area contributed by atoms with Gasteiger partial charge in [0.2, 0.25) is 5.91 Å². The molecule has 7 nitrogen and oxygen atoms in total. The third kappa shape index (κ3) is 6.59. The smallest absolute Gasteiger partial charge is 0.343 e. The lowest BCUT2D eigenvalue weighted by Crippen LogP contribution is -2.17. The molecule has 0 saturated heterocycles. The Morgan fingerprint density at radius 1 is 1.18 bits per heavy atom. The van der Waals surface area contributed by atoms with E-state index in [4.69, 9.17) is 21.1 Å². The van der Waals surface area contributed by atoms with Crippen molar-refractivity contribution in [1.82, 2.24) is 5.43 Å². The van der Waals surface area contributed by atoms with Gasteiger partial charge in [-0.2, -0.15) is 5.10 Å². The molecule has 0 fully saturated rings. The largest absolute Gasteiger partial charge is 0.493 e. The second-order valence-electron chi connectivity index (χ2n) is 5.68. The minimum absolute atomic E-state index is 0.198. The van der Waals surface area contributed by atoms with Gasteiger partial charge in [0.1, 0.15) is 0 Å². The summed E-state index contributed by atoms with van der Waals surface area (Å²) in [6.07, 6.45) is 2.40. The summed E-state index contributed by atoms with van der Waals surface area (Å²) in [5.41, 5.74) is 4.15. The first-order chi connectivity index (χ1) is 13.5. The number of halogens is 1. The molecule has 2 rings (SSSR count). The van der Waals surface area contributed by atoms with Crippen LogP contribution in [0.3, 0.4) is 0 Å². The van der Waals surface area contributed by atoms with Crippen molar-refractivity contribution in [2.75, 3.05) is 20.8 Å². The minimum Gasteiger partial charge on any atom is -0.493 e. The number of aryl methyl sites for hydroxylation is 1. The predicted octanol–water partition coefficient (Wildman–Crippen LogP) is 2.98. The van der Waals surface area contributed by atoms with E-state index >= 15 is 0 Å². The molecular formula is C20H21ClN2O5. The molecule has 0 aromatic heterocycles. The Morgan fingerprint density at radius 2 is 1.93 bits per heavy atom. The monoisotopic (exact) mass is 404 g/mol. The second kappa shape index (κ2) is 10.9. The van der Waals surface area contributed by atoms with E-state index in [9.17, 15) is 9.59 Å². The molecule has 0 radical (unpaired) electrons. The van der Waals surface area contributed by atoms with Gasteiger partial charge in [-0.15, -0.1) is 0 Å². The lowest BCUT2D eigenvalue weighted by atomic mass is 10.1. The molecule has 28 heavy (non-hydrogen) atoms. The van der Waals surface area contributed by atoms with Crippen molar-refractivity contribution < 1.29 is 23.8 Å². The summed E-state index contributed by atoms with van der Waals surface area (Å²) in [6, 6.07) is 12.9. The fourth-order valence-corrected chi connectivity index (χ4v) is 2.56. The van der Waals surface area contributed by atoms with Crippen molar-refractivity contribution >= 4 is 29.7 Å². The highest BCUT2D eigenvalue weighted by Crippen LogP contribution is 2.36. The molecule has 2 aromatic rings. The van der Waals surface area contributed by atoms with Crippen molar-refractivity contribution in [2.24, 2.45) is 5.10 Å². The molecule has 0 aliphatic carbocycles. The van der Waals surface area contributed by atoms with Gasteiger partial charge in [-0.3, -0.25) is 4.79 Å². The Bertz CT molecular complexity index is 840. The van der Waals surface area contributed by atoms with E-state index in [0.29, 0.717) is 24.2 Å². The Hall–Kier alpha value is -3.06. The number of benzene rings is 2. The predicted molar refractivity (Wildman–Crippen MR) is 106 cm³/mol. The maximum Gasteiger partial charge on any atom is 0.343 e. The number of nitrogens with one attached hydrogen (secondary N) is 1.